The fourth-order valence-electron chi connectivity index (χ4n) is 2.72. The van der Waals surface area contributed by atoms with Crippen LogP contribution in [0.1, 0.15) is 32.3 Å². The highest BCUT2D eigenvalue weighted by atomic mass is 32.1. The molecule has 0 atom stereocenters. The summed E-state index contributed by atoms with van der Waals surface area (Å²) in [7, 11) is 0. The average molecular weight is 357 g/mol. The van der Waals surface area contributed by atoms with Gasteiger partial charge < -0.3 is 4.74 Å². The Balaban J connectivity index is 1.95. The van der Waals surface area contributed by atoms with Crippen LogP contribution in [0.4, 0.5) is 5.69 Å². The number of esters is 1. The van der Waals surface area contributed by atoms with E-state index in [4.69, 9.17) is 4.74 Å². The van der Waals surface area contributed by atoms with Crippen LogP contribution in [-0.4, -0.2) is 20.9 Å². The molecule has 0 aliphatic heterocycles. The van der Waals surface area contributed by atoms with Crippen LogP contribution in [0.15, 0.2) is 18.2 Å². The molecule has 7 nitrogen and oxygen atoms in total. The Kier molecular flexibility index (Phi) is 4.22. The molecule has 0 unspecified atom stereocenters. The van der Waals surface area contributed by atoms with Gasteiger partial charge in [-0.05, 0) is 45.4 Å². The SMILES string of the molecule is Cc1nc(C)c2c(C)c(C(=O)Oc3ccc([N+](=O)[O-])c(C)c3)sc2n1. The standard InChI is InChI=1S/C17H15N3O4S/c1-8-7-12(5-6-13(8)20(22)23)24-17(21)15-9(2)14-10(3)18-11(4)19-16(14)25-15/h5-7H,1-4H3. The summed E-state index contributed by atoms with van der Waals surface area (Å²) in [5.74, 6) is 0.409. The Morgan fingerprint density at radius 3 is 2.56 bits per heavy atom. The molecule has 0 fully saturated rings. The summed E-state index contributed by atoms with van der Waals surface area (Å²) < 4.78 is 5.40. The van der Waals surface area contributed by atoms with Gasteiger partial charge in [-0.3, -0.25) is 10.1 Å². The van der Waals surface area contributed by atoms with Gasteiger partial charge >= 0.3 is 5.97 Å². The summed E-state index contributed by atoms with van der Waals surface area (Å²) in [4.78, 5) is 32.8. The van der Waals surface area contributed by atoms with Crippen LogP contribution in [0, 0.1) is 37.8 Å². The molecule has 2 heterocycles. The summed E-state index contributed by atoms with van der Waals surface area (Å²) in [5, 5.41) is 11.7. The Bertz CT molecular complexity index is 1030. The van der Waals surface area contributed by atoms with Crippen LogP contribution in [0.5, 0.6) is 5.75 Å². The second-order valence-electron chi connectivity index (χ2n) is 5.69. The van der Waals surface area contributed by atoms with E-state index < -0.39 is 10.9 Å². The van der Waals surface area contributed by atoms with Crippen molar-refractivity contribution in [2.75, 3.05) is 0 Å². The minimum Gasteiger partial charge on any atom is -0.422 e. The molecule has 0 spiro atoms. The monoisotopic (exact) mass is 357 g/mol. The molecule has 0 aliphatic carbocycles. The number of benzene rings is 1. The average Bonchev–Trinajstić information content (AvgIpc) is 2.83. The van der Waals surface area contributed by atoms with Crippen molar-refractivity contribution in [1.82, 2.24) is 9.97 Å². The lowest BCUT2D eigenvalue weighted by Gasteiger charge is -2.05. The maximum absolute atomic E-state index is 12.5. The second-order valence-corrected chi connectivity index (χ2v) is 6.69. The number of carbonyl (C=O) groups excluding carboxylic acids is 1. The first kappa shape index (κ1) is 17.0. The van der Waals surface area contributed by atoms with E-state index >= 15 is 0 Å². The predicted molar refractivity (Wildman–Crippen MR) is 94.4 cm³/mol. The van der Waals surface area contributed by atoms with Crippen molar-refractivity contribution in [3.05, 3.63) is 55.8 Å². The number of nitrogens with zero attached hydrogens (tertiary/aromatic N) is 3. The van der Waals surface area contributed by atoms with Gasteiger partial charge in [-0.15, -0.1) is 11.3 Å². The van der Waals surface area contributed by atoms with Crippen molar-refractivity contribution >= 4 is 33.2 Å². The zero-order valence-corrected chi connectivity index (χ0v) is 14.9. The van der Waals surface area contributed by atoms with E-state index in [0.717, 1.165) is 21.5 Å². The number of carbonyl (C=O) groups is 1. The predicted octanol–water partition coefficient (Wildman–Crippen LogP) is 4.05. The zero-order chi connectivity index (χ0) is 18.3. The number of rotatable bonds is 3. The van der Waals surface area contributed by atoms with Gasteiger partial charge in [-0.25, -0.2) is 14.8 Å². The Morgan fingerprint density at radius 1 is 1.20 bits per heavy atom. The molecule has 3 aromatic rings. The van der Waals surface area contributed by atoms with Gasteiger partial charge in [0.15, 0.2) is 0 Å². The van der Waals surface area contributed by atoms with Gasteiger partial charge in [-0.1, -0.05) is 0 Å². The van der Waals surface area contributed by atoms with Gasteiger partial charge in [0.25, 0.3) is 5.69 Å². The van der Waals surface area contributed by atoms with Crippen molar-refractivity contribution in [2.24, 2.45) is 0 Å². The number of ether oxygens (including phenoxy) is 1. The number of thiophene rings is 1. The van der Waals surface area contributed by atoms with Crippen molar-refractivity contribution in [1.29, 1.82) is 0 Å². The third kappa shape index (κ3) is 3.08. The molecule has 0 saturated carbocycles. The van der Waals surface area contributed by atoms with Crippen molar-refractivity contribution in [3.8, 4) is 5.75 Å². The molecule has 1 aromatic carbocycles. The highest BCUT2D eigenvalue weighted by Crippen LogP contribution is 2.32. The smallest absolute Gasteiger partial charge is 0.354 e. The summed E-state index contributed by atoms with van der Waals surface area (Å²) in [6, 6.07) is 4.23. The first-order chi connectivity index (χ1) is 11.8. The first-order valence-corrected chi connectivity index (χ1v) is 8.31. The van der Waals surface area contributed by atoms with E-state index in [0.29, 0.717) is 16.3 Å². The fourth-order valence-corrected chi connectivity index (χ4v) is 3.87. The van der Waals surface area contributed by atoms with E-state index in [2.05, 4.69) is 9.97 Å². The van der Waals surface area contributed by atoms with Crippen LogP contribution in [0.25, 0.3) is 10.2 Å². The minimum atomic E-state index is -0.509. The summed E-state index contributed by atoms with van der Waals surface area (Å²) in [6.45, 7) is 7.12. The molecule has 0 radical (unpaired) electrons. The molecule has 2 aromatic heterocycles. The lowest BCUT2D eigenvalue weighted by atomic mass is 10.1. The molecule has 0 N–H and O–H groups in total. The Hall–Kier alpha value is -2.87. The molecule has 8 heteroatoms. The summed E-state index contributed by atoms with van der Waals surface area (Å²) >= 11 is 1.26. The maximum atomic E-state index is 12.5. The number of nitro benzene ring substituents is 1. The van der Waals surface area contributed by atoms with Crippen molar-refractivity contribution < 1.29 is 14.5 Å². The van der Waals surface area contributed by atoms with Crippen LogP contribution in [0.3, 0.4) is 0 Å². The maximum Gasteiger partial charge on any atom is 0.354 e. The van der Waals surface area contributed by atoms with Crippen molar-refractivity contribution in [2.45, 2.75) is 27.7 Å². The number of aryl methyl sites for hydroxylation is 4. The van der Waals surface area contributed by atoms with E-state index in [1.54, 1.807) is 13.8 Å². The van der Waals surface area contributed by atoms with Gasteiger partial charge in [0, 0.05) is 22.7 Å². The lowest BCUT2D eigenvalue weighted by Crippen LogP contribution is -2.08. The molecule has 0 bridgehead atoms. The zero-order valence-electron chi connectivity index (χ0n) is 14.1. The van der Waals surface area contributed by atoms with E-state index in [9.17, 15) is 14.9 Å². The minimum absolute atomic E-state index is 0.0146. The molecular formula is C17H15N3O4S. The highest BCUT2D eigenvalue weighted by molar-refractivity contribution is 7.20. The number of hydrogen-bond acceptors (Lipinski definition) is 7. The van der Waals surface area contributed by atoms with Crippen molar-refractivity contribution in [3.63, 3.8) is 0 Å². The largest absolute Gasteiger partial charge is 0.422 e. The topological polar surface area (TPSA) is 95.2 Å². The van der Waals surface area contributed by atoms with Gasteiger partial charge in [0.05, 0.1) is 4.92 Å². The van der Waals surface area contributed by atoms with Gasteiger partial charge in [0.1, 0.15) is 21.3 Å². The van der Waals surface area contributed by atoms with Crippen LogP contribution >= 0.6 is 11.3 Å². The normalized spacial score (nSPS) is 10.9. The third-order valence-corrected chi connectivity index (χ3v) is 5.01. The Morgan fingerprint density at radius 2 is 1.92 bits per heavy atom. The summed E-state index contributed by atoms with van der Waals surface area (Å²) in [5.41, 5.74) is 2.02. The van der Waals surface area contributed by atoms with Crippen LogP contribution in [0.2, 0.25) is 0 Å². The fraction of sp³-hybridized carbons (Fsp3) is 0.235. The molecule has 128 valence electrons. The lowest BCUT2D eigenvalue weighted by molar-refractivity contribution is -0.385. The molecular weight excluding hydrogens is 342 g/mol. The first-order valence-electron chi connectivity index (χ1n) is 7.49. The second kappa shape index (κ2) is 6.21. The van der Waals surface area contributed by atoms with Crippen LogP contribution in [-0.2, 0) is 0 Å². The van der Waals surface area contributed by atoms with E-state index in [1.165, 1.54) is 29.5 Å². The molecule has 0 aliphatic rings. The molecule has 25 heavy (non-hydrogen) atoms. The van der Waals surface area contributed by atoms with Gasteiger partial charge in [0.2, 0.25) is 0 Å². The third-order valence-electron chi connectivity index (χ3n) is 3.84. The quantitative estimate of drug-likeness (QED) is 0.304. The number of fused-ring (bicyclic) bond motifs is 1. The Labute approximate surface area is 147 Å². The highest BCUT2D eigenvalue weighted by Gasteiger charge is 2.21. The van der Waals surface area contributed by atoms with Crippen LogP contribution < -0.4 is 4.74 Å². The molecule has 0 saturated heterocycles. The van der Waals surface area contributed by atoms with Gasteiger partial charge in [-0.2, -0.15) is 0 Å². The number of aromatic nitrogens is 2. The number of nitro groups is 1. The molecule has 0 amide bonds. The van der Waals surface area contributed by atoms with E-state index in [-0.39, 0.29) is 11.4 Å². The number of hydrogen-bond donors (Lipinski definition) is 0. The molecule has 3 rings (SSSR count). The van der Waals surface area contributed by atoms with E-state index in [1.807, 2.05) is 13.8 Å². The summed E-state index contributed by atoms with van der Waals surface area (Å²) in [6.07, 6.45) is 0.